The predicted octanol–water partition coefficient (Wildman–Crippen LogP) is 3.37. The Morgan fingerprint density at radius 1 is 0.966 bits per heavy atom. The molecule has 0 atom stereocenters. The molecule has 146 valence electrons. The number of para-hydroxylation sites is 1. The maximum Gasteiger partial charge on any atom is 0.296 e. The van der Waals surface area contributed by atoms with E-state index in [4.69, 9.17) is 8.83 Å². The molecule has 0 amide bonds. The third-order valence-corrected chi connectivity index (χ3v) is 4.55. The fourth-order valence-corrected chi connectivity index (χ4v) is 2.96. The molecule has 1 N–H and O–H groups in total. The number of furan rings is 2. The maximum absolute atomic E-state index is 13.0. The first-order valence-corrected chi connectivity index (χ1v) is 8.87. The predicted molar refractivity (Wildman–Crippen MR) is 108 cm³/mol. The molecule has 0 fully saturated rings. The Bertz CT molecular complexity index is 1210. The molecular weight excluding hydrogens is 372 g/mol. The van der Waals surface area contributed by atoms with Gasteiger partial charge < -0.3 is 8.83 Å². The van der Waals surface area contributed by atoms with Gasteiger partial charge in [-0.25, -0.2) is 4.68 Å². The SMILES string of the molecule is Cc1c(NN=C(C(=O)c2ccco2)c2ccco2)c(=O)n(-c2ccccc2)n1C. The van der Waals surface area contributed by atoms with Crippen molar-refractivity contribution in [3.8, 4) is 5.69 Å². The van der Waals surface area contributed by atoms with Crippen molar-refractivity contribution in [3.63, 3.8) is 0 Å². The standard InChI is InChI=1S/C21H18N4O4/c1-14-18(21(27)25(24(14)2)15-8-4-3-5-9-15)22-23-19(16-10-6-12-28-16)20(26)17-11-7-13-29-17/h3-13,22H,1-2H3. The number of hydrogen-bond acceptors (Lipinski definition) is 6. The number of carbonyl (C=O) groups is 1. The van der Waals surface area contributed by atoms with Crippen molar-refractivity contribution in [2.75, 3.05) is 5.43 Å². The number of rotatable bonds is 6. The fraction of sp³-hybridized carbons (Fsp3) is 0.0952. The molecule has 1 aromatic carbocycles. The van der Waals surface area contributed by atoms with Gasteiger partial charge in [0.05, 0.1) is 23.9 Å². The third kappa shape index (κ3) is 3.31. The van der Waals surface area contributed by atoms with Gasteiger partial charge in [-0.3, -0.25) is 19.7 Å². The molecule has 3 aromatic heterocycles. The van der Waals surface area contributed by atoms with Gasteiger partial charge in [0.25, 0.3) is 11.3 Å². The van der Waals surface area contributed by atoms with Crippen LogP contribution in [0.15, 0.2) is 85.9 Å². The molecule has 0 saturated carbocycles. The van der Waals surface area contributed by atoms with E-state index in [0.717, 1.165) is 5.69 Å². The summed E-state index contributed by atoms with van der Waals surface area (Å²) in [6, 6.07) is 15.7. The van der Waals surface area contributed by atoms with E-state index in [0.29, 0.717) is 5.69 Å². The Morgan fingerprint density at radius 2 is 1.62 bits per heavy atom. The van der Waals surface area contributed by atoms with Gasteiger partial charge in [-0.2, -0.15) is 5.10 Å². The van der Waals surface area contributed by atoms with Crippen LogP contribution in [0.5, 0.6) is 0 Å². The van der Waals surface area contributed by atoms with Crippen LogP contribution in [0.25, 0.3) is 5.69 Å². The summed E-state index contributed by atoms with van der Waals surface area (Å²) >= 11 is 0. The second-order valence-electron chi connectivity index (χ2n) is 6.29. The van der Waals surface area contributed by atoms with Gasteiger partial charge in [-0.1, -0.05) is 18.2 Å². The summed E-state index contributed by atoms with van der Waals surface area (Å²) in [5.41, 5.74) is 4.10. The Balaban J connectivity index is 1.75. The van der Waals surface area contributed by atoms with Crippen LogP contribution in [0, 0.1) is 6.92 Å². The van der Waals surface area contributed by atoms with Crippen molar-refractivity contribution in [1.29, 1.82) is 0 Å². The van der Waals surface area contributed by atoms with Crippen LogP contribution in [-0.2, 0) is 7.05 Å². The summed E-state index contributed by atoms with van der Waals surface area (Å²) in [6.07, 6.45) is 2.84. The van der Waals surface area contributed by atoms with E-state index < -0.39 is 5.78 Å². The lowest BCUT2D eigenvalue weighted by molar-refractivity contribution is 0.104. The number of aromatic nitrogens is 2. The highest BCUT2D eigenvalue weighted by Gasteiger charge is 2.22. The third-order valence-electron chi connectivity index (χ3n) is 4.55. The number of ketones is 1. The number of nitrogens with zero attached hydrogens (tertiary/aromatic N) is 3. The van der Waals surface area contributed by atoms with E-state index in [9.17, 15) is 9.59 Å². The number of carbonyl (C=O) groups excluding carboxylic acids is 1. The fourth-order valence-electron chi connectivity index (χ4n) is 2.96. The molecule has 29 heavy (non-hydrogen) atoms. The molecule has 8 nitrogen and oxygen atoms in total. The zero-order valence-electron chi connectivity index (χ0n) is 15.8. The van der Waals surface area contributed by atoms with Gasteiger partial charge in [-0.15, -0.1) is 0 Å². The molecule has 0 radical (unpaired) electrons. The number of nitrogens with one attached hydrogen (secondary N) is 1. The van der Waals surface area contributed by atoms with E-state index in [-0.39, 0.29) is 28.5 Å². The number of Topliss-reactive ketones (excluding diaryl/α,β-unsaturated/α-hetero) is 1. The van der Waals surface area contributed by atoms with Crippen molar-refractivity contribution >= 4 is 17.2 Å². The minimum Gasteiger partial charge on any atom is -0.462 e. The molecule has 0 spiro atoms. The van der Waals surface area contributed by atoms with Crippen molar-refractivity contribution in [1.82, 2.24) is 9.36 Å². The lowest BCUT2D eigenvalue weighted by atomic mass is 10.1. The number of hydrogen-bond donors (Lipinski definition) is 1. The summed E-state index contributed by atoms with van der Waals surface area (Å²) in [7, 11) is 1.78. The Labute approximate surface area is 165 Å². The van der Waals surface area contributed by atoms with Gasteiger partial charge >= 0.3 is 0 Å². The first kappa shape index (κ1) is 18.3. The van der Waals surface area contributed by atoms with Crippen LogP contribution in [0.2, 0.25) is 0 Å². The lowest BCUT2D eigenvalue weighted by Crippen LogP contribution is -2.21. The summed E-state index contributed by atoms with van der Waals surface area (Å²) in [6.45, 7) is 1.79. The lowest BCUT2D eigenvalue weighted by Gasteiger charge is -2.07. The zero-order valence-corrected chi connectivity index (χ0v) is 15.8. The van der Waals surface area contributed by atoms with E-state index in [1.807, 2.05) is 30.3 Å². The molecule has 4 rings (SSSR count). The Hall–Kier alpha value is -4.07. The number of hydrazone groups is 1. The maximum atomic E-state index is 13.0. The smallest absolute Gasteiger partial charge is 0.296 e. The van der Waals surface area contributed by atoms with Crippen LogP contribution in [-0.4, -0.2) is 20.9 Å². The summed E-state index contributed by atoms with van der Waals surface area (Å²) in [5.74, 6) is -0.0845. The van der Waals surface area contributed by atoms with Crippen molar-refractivity contribution < 1.29 is 13.6 Å². The highest BCUT2D eigenvalue weighted by Crippen LogP contribution is 2.15. The second-order valence-corrected chi connectivity index (χ2v) is 6.29. The van der Waals surface area contributed by atoms with Gasteiger partial charge in [0.1, 0.15) is 5.69 Å². The molecule has 0 aliphatic rings. The molecule has 0 bridgehead atoms. The molecule has 0 aliphatic carbocycles. The first-order valence-electron chi connectivity index (χ1n) is 8.87. The Morgan fingerprint density at radius 3 is 2.24 bits per heavy atom. The van der Waals surface area contributed by atoms with E-state index in [1.165, 1.54) is 23.3 Å². The van der Waals surface area contributed by atoms with Crippen LogP contribution < -0.4 is 11.0 Å². The average molecular weight is 390 g/mol. The molecule has 4 aromatic rings. The van der Waals surface area contributed by atoms with Gasteiger partial charge in [0.15, 0.2) is 17.2 Å². The van der Waals surface area contributed by atoms with Crippen molar-refractivity contribution in [2.24, 2.45) is 12.1 Å². The molecular formula is C21H18N4O4. The number of anilines is 1. The van der Waals surface area contributed by atoms with Gasteiger partial charge in [0.2, 0.25) is 0 Å². The van der Waals surface area contributed by atoms with E-state index >= 15 is 0 Å². The van der Waals surface area contributed by atoms with Crippen molar-refractivity contribution in [3.05, 3.63) is 94.7 Å². The second kappa shape index (κ2) is 7.51. The minimum absolute atomic E-state index is 0.00105. The van der Waals surface area contributed by atoms with E-state index in [2.05, 4.69) is 10.5 Å². The monoisotopic (exact) mass is 390 g/mol. The van der Waals surface area contributed by atoms with Gasteiger partial charge in [0, 0.05) is 7.05 Å². The van der Waals surface area contributed by atoms with E-state index in [1.54, 1.807) is 36.9 Å². The van der Waals surface area contributed by atoms with Crippen LogP contribution in [0.1, 0.15) is 22.0 Å². The normalized spacial score (nSPS) is 11.6. The highest BCUT2D eigenvalue weighted by atomic mass is 16.3. The topological polar surface area (TPSA) is 94.7 Å². The summed E-state index contributed by atoms with van der Waals surface area (Å²) in [5, 5.41) is 4.20. The molecule has 8 heteroatoms. The zero-order chi connectivity index (χ0) is 20.4. The minimum atomic E-state index is -0.464. The average Bonchev–Trinajstić information content (AvgIpc) is 3.48. The summed E-state index contributed by atoms with van der Waals surface area (Å²) in [4.78, 5) is 25.8. The Kier molecular flexibility index (Phi) is 4.74. The first-order chi connectivity index (χ1) is 14.1. The number of benzene rings is 1. The summed E-state index contributed by atoms with van der Waals surface area (Å²) < 4.78 is 13.8. The molecule has 0 aliphatic heterocycles. The van der Waals surface area contributed by atoms with Crippen molar-refractivity contribution in [2.45, 2.75) is 6.92 Å². The molecule has 0 unspecified atom stereocenters. The van der Waals surface area contributed by atoms with Crippen LogP contribution >= 0.6 is 0 Å². The van der Waals surface area contributed by atoms with Gasteiger partial charge in [-0.05, 0) is 43.3 Å². The highest BCUT2D eigenvalue weighted by molar-refractivity contribution is 6.50. The largest absolute Gasteiger partial charge is 0.462 e. The molecule has 3 heterocycles. The van der Waals surface area contributed by atoms with Crippen LogP contribution in [0.3, 0.4) is 0 Å². The quantitative estimate of drug-likeness (QED) is 0.309. The molecule has 0 saturated heterocycles. The van der Waals surface area contributed by atoms with Crippen LogP contribution in [0.4, 0.5) is 5.69 Å².